The first-order valence-electron chi connectivity index (χ1n) is 9.79. The molecular formula is C21H21FN6O4. The third kappa shape index (κ3) is 3.96. The fraction of sp³-hybridized carbons (Fsp3) is 0.286. The van der Waals surface area contributed by atoms with E-state index >= 15 is 0 Å². The number of rotatable bonds is 6. The summed E-state index contributed by atoms with van der Waals surface area (Å²) in [5, 5.41) is 3.88. The molecule has 11 heteroatoms. The van der Waals surface area contributed by atoms with Crippen LogP contribution in [0.3, 0.4) is 0 Å². The molecule has 0 spiro atoms. The van der Waals surface area contributed by atoms with Crippen LogP contribution in [-0.4, -0.2) is 53.9 Å². The van der Waals surface area contributed by atoms with Crippen LogP contribution in [0.15, 0.2) is 41.1 Å². The van der Waals surface area contributed by atoms with E-state index in [1.54, 1.807) is 50.2 Å². The average Bonchev–Trinajstić information content (AvgIpc) is 3.40. The average molecular weight is 440 g/mol. The van der Waals surface area contributed by atoms with Crippen LogP contribution < -0.4 is 15.5 Å². The fourth-order valence-corrected chi connectivity index (χ4v) is 3.23. The second-order valence-corrected chi connectivity index (χ2v) is 7.62. The van der Waals surface area contributed by atoms with Crippen molar-refractivity contribution in [2.75, 3.05) is 30.4 Å². The van der Waals surface area contributed by atoms with Gasteiger partial charge in [0.1, 0.15) is 17.6 Å². The smallest absolute Gasteiger partial charge is 0.414 e. The molecule has 1 unspecified atom stereocenters. The second kappa shape index (κ2) is 8.25. The molecule has 3 heterocycles. The highest BCUT2D eigenvalue weighted by atomic mass is 19.1. The third-order valence-electron chi connectivity index (χ3n) is 5.21. The summed E-state index contributed by atoms with van der Waals surface area (Å²) in [6, 6.07) is 8.11. The minimum Gasteiger partial charge on any atom is -0.443 e. The van der Waals surface area contributed by atoms with Gasteiger partial charge in [0.05, 0.1) is 18.2 Å². The quantitative estimate of drug-likeness (QED) is 0.619. The largest absolute Gasteiger partial charge is 0.443 e. The summed E-state index contributed by atoms with van der Waals surface area (Å²) in [4.78, 5) is 35.0. The van der Waals surface area contributed by atoms with Crippen molar-refractivity contribution < 1.29 is 23.2 Å². The number of nitrogens with two attached hydrogens (primary N) is 1. The van der Waals surface area contributed by atoms with Crippen LogP contribution in [0.1, 0.15) is 6.92 Å². The van der Waals surface area contributed by atoms with E-state index in [1.807, 2.05) is 0 Å². The van der Waals surface area contributed by atoms with E-state index in [2.05, 4.69) is 15.1 Å². The normalized spacial score (nSPS) is 16.7. The summed E-state index contributed by atoms with van der Waals surface area (Å²) in [5.74, 6) is -1.43. The Morgan fingerprint density at radius 1 is 1.31 bits per heavy atom. The van der Waals surface area contributed by atoms with E-state index in [1.165, 1.54) is 17.2 Å². The van der Waals surface area contributed by atoms with Gasteiger partial charge in [0.25, 0.3) is 0 Å². The first-order valence-corrected chi connectivity index (χ1v) is 9.79. The Morgan fingerprint density at radius 2 is 2.09 bits per heavy atom. The summed E-state index contributed by atoms with van der Waals surface area (Å²) >= 11 is 0. The number of benzene rings is 1. The molecule has 2 atom stereocenters. The monoisotopic (exact) mass is 440 g/mol. The highest BCUT2D eigenvalue weighted by Crippen LogP contribution is 2.30. The van der Waals surface area contributed by atoms with E-state index in [9.17, 15) is 14.0 Å². The van der Waals surface area contributed by atoms with Crippen molar-refractivity contribution in [3.63, 3.8) is 0 Å². The molecule has 1 aliphatic heterocycles. The fourth-order valence-electron chi connectivity index (χ4n) is 3.23. The van der Waals surface area contributed by atoms with Crippen LogP contribution in [0.5, 0.6) is 0 Å². The van der Waals surface area contributed by atoms with Gasteiger partial charge < -0.3 is 19.9 Å². The Labute approximate surface area is 182 Å². The summed E-state index contributed by atoms with van der Waals surface area (Å²) in [5.41, 5.74) is 6.94. The number of carbonyl (C=O) groups excluding carboxylic acids is 2. The van der Waals surface area contributed by atoms with E-state index in [4.69, 9.17) is 15.0 Å². The number of primary amides is 1. The zero-order valence-electron chi connectivity index (χ0n) is 17.7. The van der Waals surface area contributed by atoms with Crippen molar-refractivity contribution in [2.24, 2.45) is 11.7 Å². The van der Waals surface area contributed by atoms with Crippen LogP contribution in [-0.2, 0) is 9.53 Å². The van der Waals surface area contributed by atoms with Crippen LogP contribution in [0.2, 0.25) is 0 Å². The molecule has 32 heavy (non-hydrogen) atoms. The van der Waals surface area contributed by atoms with Crippen LogP contribution in [0.4, 0.5) is 20.9 Å². The Kier molecular flexibility index (Phi) is 5.47. The van der Waals surface area contributed by atoms with Gasteiger partial charge in [-0.15, -0.1) is 0 Å². The number of ether oxygens (including phenoxy) is 1. The van der Waals surface area contributed by atoms with Crippen molar-refractivity contribution in [3.05, 3.63) is 42.3 Å². The molecule has 0 radical (unpaired) electrons. The lowest BCUT2D eigenvalue weighted by molar-refractivity contribution is -0.123. The van der Waals surface area contributed by atoms with Gasteiger partial charge in [-0.25, -0.2) is 9.18 Å². The minimum atomic E-state index is -0.683. The molecule has 4 rings (SSSR count). The van der Waals surface area contributed by atoms with Crippen LogP contribution in [0, 0.1) is 11.7 Å². The van der Waals surface area contributed by atoms with Gasteiger partial charge in [-0.3, -0.25) is 14.7 Å². The zero-order chi connectivity index (χ0) is 23.0. The van der Waals surface area contributed by atoms with Gasteiger partial charge in [0.15, 0.2) is 0 Å². The SMILES string of the molecule is C[C@H](C(N)=O)C1CN(c2ccc(-c3ccc(-c4noc(N(C)C)n4)nc3)c(F)c2)C(=O)O1. The predicted molar refractivity (Wildman–Crippen MR) is 113 cm³/mol. The zero-order valence-corrected chi connectivity index (χ0v) is 17.7. The molecule has 1 aliphatic rings. The summed E-state index contributed by atoms with van der Waals surface area (Å²) in [6.07, 6.45) is 0.171. The number of pyridine rings is 1. The lowest BCUT2D eigenvalue weighted by Gasteiger charge is -2.15. The van der Waals surface area contributed by atoms with Crippen molar-refractivity contribution in [3.8, 4) is 22.6 Å². The van der Waals surface area contributed by atoms with Crippen LogP contribution in [0.25, 0.3) is 22.6 Å². The first kappa shape index (κ1) is 21.2. The topological polar surface area (TPSA) is 128 Å². The van der Waals surface area contributed by atoms with Crippen molar-refractivity contribution in [2.45, 2.75) is 13.0 Å². The standard InChI is InChI=1S/C21H21FN6O4/c1-11(18(23)29)17-10-28(21(30)31-17)13-5-6-14(15(22)8-13)12-4-7-16(24-9-12)19-25-20(27(2)3)32-26-19/h4-9,11,17H,10H2,1-3H3,(H2,23,29)/t11-,17?/m0/s1. The van der Waals surface area contributed by atoms with Gasteiger partial charge in [0.2, 0.25) is 11.7 Å². The van der Waals surface area contributed by atoms with Gasteiger partial charge >= 0.3 is 12.1 Å². The van der Waals surface area contributed by atoms with Crippen molar-refractivity contribution in [1.29, 1.82) is 0 Å². The molecule has 1 aromatic carbocycles. The number of anilines is 2. The summed E-state index contributed by atoms with van der Waals surface area (Å²) < 4.78 is 25.2. The molecule has 0 bridgehead atoms. The highest BCUT2D eigenvalue weighted by Gasteiger charge is 2.37. The van der Waals surface area contributed by atoms with Crippen molar-refractivity contribution >= 4 is 23.7 Å². The molecule has 1 saturated heterocycles. The maximum atomic E-state index is 14.9. The second-order valence-electron chi connectivity index (χ2n) is 7.62. The molecule has 2 N–H and O–H groups in total. The summed E-state index contributed by atoms with van der Waals surface area (Å²) in [6.45, 7) is 1.69. The molecule has 0 aliphatic carbocycles. The number of aromatic nitrogens is 3. The molecule has 1 fully saturated rings. The molecule has 0 saturated carbocycles. The van der Waals surface area contributed by atoms with E-state index in [0.717, 1.165) is 0 Å². The van der Waals surface area contributed by atoms with Gasteiger partial charge in [0, 0.05) is 31.4 Å². The number of amides is 2. The number of cyclic esters (lactones) is 1. The number of hydrogen-bond acceptors (Lipinski definition) is 8. The van der Waals surface area contributed by atoms with Gasteiger partial charge in [-0.1, -0.05) is 11.2 Å². The molecule has 2 aromatic heterocycles. The Morgan fingerprint density at radius 3 is 2.69 bits per heavy atom. The summed E-state index contributed by atoms with van der Waals surface area (Å²) in [7, 11) is 3.56. The number of hydrogen-bond donors (Lipinski definition) is 1. The first-order chi connectivity index (χ1) is 15.2. The van der Waals surface area contributed by atoms with E-state index in [-0.39, 0.29) is 6.54 Å². The third-order valence-corrected chi connectivity index (χ3v) is 5.21. The van der Waals surface area contributed by atoms with E-state index < -0.39 is 29.8 Å². The molecule has 10 nitrogen and oxygen atoms in total. The Balaban J connectivity index is 1.53. The van der Waals surface area contributed by atoms with E-state index in [0.29, 0.717) is 34.3 Å². The maximum Gasteiger partial charge on any atom is 0.414 e. The minimum absolute atomic E-state index is 0.109. The lowest BCUT2D eigenvalue weighted by Crippen LogP contribution is -2.34. The Bertz CT molecular complexity index is 1160. The molecular weight excluding hydrogens is 419 g/mol. The van der Waals surface area contributed by atoms with Gasteiger partial charge in [-0.2, -0.15) is 4.98 Å². The Hall–Kier alpha value is -4.02. The number of nitrogens with zero attached hydrogens (tertiary/aromatic N) is 5. The van der Waals surface area contributed by atoms with Crippen molar-refractivity contribution in [1.82, 2.24) is 15.1 Å². The molecule has 3 aromatic rings. The molecule has 2 amide bonds. The van der Waals surface area contributed by atoms with Gasteiger partial charge in [-0.05, 0) is 31.2 Å². The number of halogens is 1. The predicted octanol–water partition coefficient (Wildman–Crippen LogP) is 2.45. The maximum absolute atomic E-state index is 14.9. The highest BCUT2D eigenvalue weighted by molar-refractivity contribution is 5.91. The molecule has 166 valence electrons. The number of carbonyl (C=O) groups is 2. The lowest BCUT2D eigenvalue weighted by atomic mass is 10.0. The van der Waals surface area contributed by atoms with Crippen LogP contribution >= 0.6 is 0 Å².